The Bertz CT molecular complexity index is 464. The zero-order valence-corrected chi connectivity index (χ0v) is 10.9. The van der Waals surface area contributed by atoms with Crippen molar-refractivity contribution in [1.82, 2.24) is 0 Å². The molecule has 1 aliphatic heterocycles. The Labute approximate surface area is 108 Å². The molecule has 0 N–H and O–H groups in total. The first-order chi connectivity index (χ1) is 8.59. The van der Waals surface area contributed by atoms with Gasteiger partial charge in [0.1, 0.15) is 0 Å². The number of carbonyl (C=O) groups is 1. The van der Waals surface area contributed by atoms with Gasteiger partial charge >= 0.3 is 5.69 Å². The third kappa shape index (κ3) is 2.68. The molecule has 18 heavy (non-hydrogen) atoms. The summed E-state index contributed by atoms with van der Waals surface area (Å²) in [6.07, 6.45) is 0.838. The molecular weight excluding hydrogens is 256 g/mol. The van der Waals surface area contributed by atoms with Gasteiger partial charge in [-0.15, -0.1) is 11.3 Å². The molecule has 0 bridgehead atoms. The maximum Gasteiger partial charge on any atom is 0.304 e. The fourth-order valence-electron chi connectivity index (χ4n) is 1.85. The highest BCUT2D eigenvalue weighted by molar-refractivity contribution is 7.18. The zero-order chi connectivity index (χ0) is 13.1. The van der Waals surface area contributed by atoms with Crippen LogP contribution in [-0.2, 0) is 4.74 Å². The molecule has 6 nitrogen and oxygen atoms in total. The predicted octanol–water partition coefficient (Wildman–Crippen LogP) is 2.09. The number of ketones is 1. The van der Waals surface area contributed by atoms with Gasteiger partial charge in [0.05, 0.1) is 16.4 Å². The average Bonchev–Trinajstić information content (AvgIpc) is 2.59. The molecule has 1 aromatic heterocycles. The van der Waals surface area contributed by atoms with Crippen molar-refractivity contribution >= 4 is 27.8 Å². The summed E-state index contributed by atoms with van der Waals surface area (Å²) in [6.45, 7) is 4.00. The molecule has 1 fully saturated rings. The molecule has 0 aliphatic carbocycles. The minimum Gasteiger partial charge on any atom is -0.380 e. The summed E-state index contributed by atoms with van der Waals surface area (Å²) in [5, 5.41) is 11.6. The monoisotopic (exact) mass is 270 g/mol. The molecule has 7 heteroatoms. The number of ether oxygens (including phenoxy) is 1. The van der Waals surface area contributed by atoms with Crippen LogP contribution >= 0.6 is 11.3 Å². The Hall–Kier alpha value is -1.47. The second-order valence-electron chi connectivity index (χ2n) is 4.07. The van der Waals surface area contributed by atoms with E-state index in [1.807, 2.05) is 4.90 Å². The van der Waals surface area contributed by atoms with E-state index in [9.17, 15) is 14.9 Å². The fourth-order valence-corrected chi connectivity index (χ4v) is 2.92. The largest absolute Gasteiger partial charge is 0.380 e. The number of anilines is 1. The number of carbonyl (C=O) groups excluding carboxylic acids is 1. The molecule has 2 heterocycles. The molecular formula is C11H14N2O4S. The molecule has 0 amide bonds. The van der Waals surface area contributed by atoms with Gasteiger partial charge in [0, 0.05) is 25.8 Å². The second kappa shape index (κ2) is 5.45. The summed E-state index contributed by atoms with van der Waals surface area (Å²) in [5.41, 5.74) is 0.0205. The van der Waals surface area contributed by atoms with Gasteiger partial charge in [-0.05, 0) is 13.3 Å². The third-order valence-electron chi connectivity index (χ3n) is 2.75. The van der Waals surface area contributed by atoms with Crippen LogP contribution in [0.5, 0.6) is 0 Å². The van der Waals surface area contributed by atoms with E-state index in [-0.39, 0.29) is 11.5 Å². The lowest BCUT2D eigenvalue weighted by Crippen LogP contribution is -2.25. The van der Waals surface area contributed by atoms with E-state index in [1.54, 1.807) is 0 Å². The Kier molecular flexibility index (Phi) is 3.93. The first-order valence-corrected chi connectivity index (χ1v) is 6.53. The van der Waals surface area contributed by atoms with Crippen molar-refractivity contribution in [3.8, 4) is 0 Å². The fraction of sp³-hybridized carbons (Fsp3) is 0.545. The Morgan fingerprint density at radius 1 is 1.50 bits per heavy atom. The van der Waals surface area contributed by atoms with Crippen LogP contribution in [0.1, 0.15) is 23.0 Å². The standard InChI is InChI=1S/C11H14N2O4S/c1-8(14)10-7-9(13(15)16)11(18-10)12-3-2-5-17-6-4-12/h7H,2-6H2,1H3. The van der Waals surface area contributed by atoms with Crippen LogP contribution in [0.25, 0.3) is 0 Å². The van der Waals surface area contributed by atoms with Crippen molar-refractivity contribution in [2.24, 2.45) is 0 Å². The van der Waals surface area contributed by atoms with Gasteiger partial charge in [-0.3, -0.25) is 14.9 Å². The van der Waals surface area contributed by atoms with Crippen molar-refractivity contribution in [2.75, 3.05) is 31.2 Å². The number of nitro groups is 1. The first-order valence-electron chi connectivity index (χ1n) is 5.71. The molecule has 98 valence electrons. The first kappa shape index (κ1) is 13.0. The van der Waals surface area contributed by atoms with E-state index in [0.717, 1.165) is 13.0 Å². The number of rotatable bonds is 3. The molecule has 0 atom stereocenters. The van der Waals surface area contributed by atoms with Crippen molar-refractivity contribution in [2.45, 2.75) is 13.3 Å². The maximum atomic E-state index is 11.3. The van der Waals surface area contributed by atoms with Crippen LogP contribution in [0.2, 0.25) is 0 Å². The molecule has 2 rings (SSSR count). The van der Waals surface area contributed by atoms with Gasteiger partial charge in [0.2, 0.25) is 0 Å². The number of Topliss-reactive ketones (excluding diaryl/α,β-unsaturated/α-hetero) is 1. The van der Waals surface area contributed by atoms with E-state index in [1.165, 1.54) is 24.3 Å². The number of thiophene rings is 1. The van der Waals surface area contributed by atoms with Crippen LogP contribution in [0.4, 0.5) is 10.7 Å². The van der Waals surface area contributed by atoms with E-state index in [4.69, 9.17) is 4.74 Å². The van der Waals surface area contributed by atoms with Crippen molar-refractivity contribution < 1.29 is 14.5 Å². The van der Waals surface area contributed by atoms with Crippen LogP contribution in [0.3, 0.4) is 0 Å². The molecule has 1 aliphatic rings. The molecule has 0 saturated carbocycles. The highest BCUT2D eigenvalue weighted by atomic mass is 32.1. The molecule has 1 saturated heterocycles. The zero-order valence-electron chi connectivity index (χ0n) is 10.0. The second-order valence-corrected chi connectivity index (χ2v) is 5.10. The summed E-state index contributed by atoms with van der Waals surface area (Å²) in [5.74, 6) is -0.138. The quantitative estimate of drug-likeness (QED) is 0.477. The number of hydrogen-bond acceptors (Lipinski definition) is 6. The van der Waals surface area contributed by atoms with Crippen LogP contribution < -0.4 is 4.90 Å². The van der Waals surface area contributed by atoms with Crippen molar-refractivity contribution in [3.63, 3.8) is 0 Å². The molecule has 1 aromatic rings. The highest BCUT2D eigenvalue weighted by Crippen LogP contribution is 2.38. The lowest BCUT2D eigenvalue weighted by Gasteiger charge is -2.18. The predicted molar refractivity (Wildman–Crippen MR) is 68.6 cm³/mol. The minimum atomic E-state index is -0.427. The Morgan fingerprint density at radius 3 is 2.94 bits per heavy atom. The number of hydrogen-bond donors (Lipinski definition) is 0. The van der Waals surface area contributed by atoms with Crippen LogP contribution in [0.15, 0.2) is 6.07 Å². The Morgan fingerprint density at radius 2 is 2.28 bits per heavy atom. The van der Waals surface area contributed by atoms with Gasteiger partial charge in [-0.1, -0.05) is 0 Å². The van der Waals surface area contributed by atoms with Gasteiger partial charge in [-0.25, -0.2) is 0 Å². The summed E-state index contributed by atoms with van der Waals surface area (Å²) >= 11 is 1.19. The average molecular weight is 270 g/mol. The molecule has 0 radical (unpaired) electrons. The Balaban J connectivity index is 2.34. The van der Waals surface area contributed by atoms with Gasteiger partial charge in [-0.2, -0.15) is 0 Å². The summed E-state index contributed by atoms with van der Waals surface area (Å²) in [4.78, 5) is 24.3. The van der Waals surface area contributed by atoms with Crippen molar-refractivity contribution in [3.05, 3.63) is 21.1 Å². The summed E-state index contributed by atoms with van der Waals surface area (Å²) in [6, 6.07) is 1.37. The van der Waals surface area contributed by atoms with E-state index in [0.29, 0.717) is 29.6 Å². The topological polar surface area (TPSA) is 72.7 Å². The molecule has 0 unspecified atom stereocenters. The number of nitrogens with zero attached hydrogens (tertiary/aromatic N) is 2. The van der Waals surface area contributed by atoms with Gasteiger partial charge < -0.3 is 9.64 Å². The smallest absolute Gasteiger partial charge is 0.304 e. The normalized spacial score (nSPS) is 16.4. The summed E-state index contributed by atoms with van der Waals surface area (Å²) < 4.78 is 5.33. The van der Waals surface area contributed by atoms with E-state index >= 15 is 0 Å². The minimum absolute atomic E-state index is 0.0205. The van der Waals surface area contributed by atoms with E-state index < -0.39 is 4.92 Å². The lowest BCUT2D eigenvalue weighted by atomic mass is 10.3. The highest BCUT2D eigenvalue weighted by Gasteiger charge is 2.25. The van der Waals surface area contributed by atoms with E-state index in [2.05, 4.69) is 0 Å². The molecule has 0 spiro atoms. The lowest BCUT2D eigenvalue weighted by molar-refractivity contribution is -0.383. The van der Waals surface area contributed by atoms with Gasteiger partial charge in [0.15, 0.2) is 10.8 Å². The maximum absolute atomic E-state index is 11.3. The molecule has 0 aromatic carbocycles. The summed E-state index contributed by atoms with van der Waals surface area (Å²) in [7, 11) is 0. The van der Waals surface area contributed by atoms with Crippen molar-refractivity contribution in [1.29, 1.82) is 0 Å². The van der Waals surface area contributed by atoms with Crippen LogP contribution in [-0.4, -0.2) is 37.0 Å². The van der Waals surface area contributed by atoms with Gasteiger partial charge in [0.25, 0.3) is 0 Å². The SMILES string of the molecule is CC(=O)c1cc([N+](=O)[O-])c(N2CCCOCC2)s1. The third-order valence-corrected chi connectivity index (χ3v) is 4.03. The van der Waals surface area contributed by atoms with Crippen LogP contribution in [0, 0.1) is 10.1 Å².